The van der Waals surface area contributed by atoms with E-state index in [9.17, 15) is 9.90 Å². The lowest BCUT2D eigenvalue weighted by Crippen LogP contribution is -2.30. The Morgan fingerprint density at radius 3 is 2.65 bits per heavy atom. The molecule has 6 nitrogen and oxygen atoms in total. The fourth-order valence-corrected chi connectivity index (χ4v) is 2.32. The number of hydrogen-bond acceptors (Lipinski definition) is 4. The van der Waals surface area contributed by atoms with Crippen LogP contribution in [0.3, 0.4) is 0 Å². The molecule has 0 aliphatic rings. The second-order valence-corrected chi connectivity index (χ2v) is 5.20. The summed E-state index contributed by atoms with van der Waals surface area (Å²) >= 11 is 0. The van der Waals surface area contributed by atoms with Crippen molar-refractivity contribution in [2.75, 3.05) is 20.3 Å². The highest BCUT2D eigenvalue weighted by Gasteiger charge is 2.15. The van der Waals surface area contributed by atoms with E-state index in [0.29, 0.717) is 17.8 Å². The number of carbonyl (C=O) groups is 1. The summed E-state index contributed by atoms with van der Waals surface area (Å²) < 4.78 is 6.71. The number of amides is 1. The summed E-state index contributed by atoms with van der Waals surface area (Å²) in [5, 5.41) is 21.2. The zero-order valence-electron chi connectivity index (χ0n) is 13.1. The van der Waals surface area contributed by atoms with Gasteiger partial charge >= 0.3 is 0 Å². The van der Waals surface area contributed by atoms with Crippen LogP contribution in [0.15, 0.2) is 36.5 Å². The number of ether oxygens (including phenoxy) is 1. The van der Waals surface area contributed by atoms with Crippen molar-refractivity contribution in [2.45, 2.75) is 5.92 Å². The van der Waals surface area contributed by atoms with Gasteiger partial charge in [-0.05, 0) is 23.8 Å². The van der Waals surface area contributed by atoms with Gasteiger partial charge in [-0.1, -0.05) is 12.1 Å². The van der Waals surface area contributed by atoms with Crippen molar-refractivity contribution in [1.82, 2.24) is 9.88 Å². The van der Waals surface area contributed by atoms with Crippen molar-refractivity contribution in [3.05, 3.63) is 53.3 Å². The molecule has 0 bridgehead atoms. The van der Waals surface area contributed by atoms with Gasteiger partial charge in [0, 0.05) is 25.7 Å². The summed E-state index contributed by atoms with van der Waals surface area (Å²) in [5.41, 5.74) is 1.76. The molecule has 120 valence electrons. The van der Waals surface area contributed by atoms with Gasteiger partial charge in [0.15, 0.2) is 0 Å². The largest absolute Gasteiger partial charge is 0.497 e. The third-order valence-corrected chi connectivity index (χ3v) is 3.68. The molecule has 1 aromatic heterocycles. The Bertz CT molecular complexity index is 714. The number of nitrogens with zero attached hydrogens (tertiary/aromatic N) is 2. The zero-order chi connectivity index (χ0) is 16.8. The predicted octanol–water partition coefficient (Wildman–Crippen LogP) is 1.41. The SMILES string of the molecule is COc1ccc(C(CO)CNC(=O)c2cc(C#N)cn2C)cc1. The molecule has 2 rings (SSSR count). The molecule has 6 heteroatoms. The van der Waals surface area contributed by atoms with Crippen LogP contribution in [0, 0.1) is 11.3 Å². The summed E-state index contributed by atoms with van der Waals surface area (Å²) in [6.45, 7) is 0.220. The van der Waals surface area contributed by atoms with Crippen LogP contribution in [0.4, 0.5) is 0 Å². The van der Waals surface area contributed by atoms with E-state index in [4.69, 9.17) is 10.00 Å². The highest BCUT2D eigenvalue weighted by Crippen LogP contribution is 2.19. The van der Waals surface area contributed by atoms with E-state index >= 15 is 0 Å². The van der Waals surface area contributed by atoms with Crippen molar-refractivity contribution >= 4 is 5.91 Å². The van der Waals surface area contributed by atoms with E-state index in [2.05, 4.69) is 5.32 Å². The minimum absolute atomic E-state index is 0.0802. The number of nitrogens with one attached hydrogen (secondary N) is 1. The monoisotopic (exact) mass is 313 g/mol. The quantitative estimate of drug-likeness (QED) is 0.844. The van der Waals surface area contributed by atoms with E-state index in [1.54, 1.807) is 24.9 Å². The minimum atomic E-state index is -0.277. The topological polar surface area (TPSA) is 87.3 Å². The number of rotatable bonds is 6. The molecule has 0 aliphatic carbocycles. The van der Waals surface area contributed by atoms with Gasteiger partial charge in [-0.25, -0.2) is 0 Å². The molecule has 0 spiro atoms. The molecule has 0 saturated carbocycles. The van der Waals surface area contributed by atoms with Crippen LogP contribution in [0.5, 0.6) is 5.75 Å². The highest BCUT2D eigenvalue weighted by atomic mass is 16.5. The maximum Gasteiger partial charge on any atom is 0.267 e. The molecule has 1 heterocycles. The second kappa shape index (κ2) is 7.47. The number of nitriles is 1. The van der Waals surface area contributed by atoms with Crippen LogP contribution >= 0.6 is 0 Å². The summed E-state index contributed by atoms with van der Waals surface area (Å²) in [4.78, 5) is 12.2. The first-order chi connectivity index (χ1) is 11.1. The molecule has 0 aliphatic heterocycles. The number of carbonyl (C=O) groups excluding carboxylic acids is 1. The molecule has 2 aromatic rings. The molecule has 1 aromatic carbocycles. The highest BCUT2D eigenvalue weighted by molar-refractivity contribution is 5.93. The Labute approximate surface area is 134 Å². The number of aliphatic hydroxyl groups is 1. The van der Waals surface area contributed by atoms with Crippen LogP contribution in [0.2, 0.25) is 0 Å². The molecular weight excluding hydrogens is 294 g/mol. The predicted molar refractivity (Wildman–Crippen MR) is 85.3 cm³/mol. The number of aliphatic hydroxyl groups excluding tert-OH is 1. The van der Waals surface area contributed by atoms with Crippen LogP contribution in [0.1, 0.15) is 27.5 Å². The third-order valence-electron chi connectivity index (χ3n) is 3.68. The fourth-order valence-electron chi connectivity index (χ4n) is 2.32. The van der Waals surface area contributed by atoms with Crippen LogP contribution in [-0.2, 0) is 7.05 Å². The van der Waals surface area contributed by atoms with Gasteiger partial charge in [0.05, 0.1) is 19.3 Å². The van der Waals surface area contributed by atoms with Crippen molar-refractivity contribution in [1.29, 1.82) is 5.26 Å². The Morgan fingerprint density at radius 1 is 1.43 bits per heavy atom. The average molecular weight is 313 g/mol. The van der Waals surface area contributed by atoms with Gasteiger partial charge in [-0.2, -0.15) is 5.26 Å². The van der Waals surface area contributed by atoms with Crippen molar-refractivity contribution in [3.8, 4) is 11.8 Å². The van der Waals surface area contributed by atoms with Crippen LogP contribution in [-0.4, -0.2) is 35.8 Å². The van der Waals surface area contributed by atoms with E-state index in [1.165, 1.54) is 6.07 Å². The summed E-state index contributed by atoms with van der Waals surface area (Å²) in [6.07, 6.45) is 1.60. The number of aryl methyl sites for hydroxylation is 1. The third kappa shape index (κ3) is 3.90. The Balaban J connectivity index is 2.03. The average Bonchev–Trinajstić information content (AvgIpc) is 2.97. The van der Waals surface area contributed by atoms with Gasteiger partial charge in [0.2, 0.25) is 0 Å². The molecule has 0 fully saturated rings. The first-order valence-electron chi connectivity index (χ1n) is 7.18. The first-order valence-corrected chi connectivity index (χ1v) is 7.18. The number of aromatic nitrogens is 1. The Kier molecular flexibility index (Phi) is 5.39. The molecule has 1 atom stereocenters. The minimum Gasteiger partial charge on any atom is -0.497 e. The lowest BCUT2D eigenvalue weighted by molar-refractivity contribution is 0.0939. The first kappa shape index (κ1) is 16.6. The molecule has 0 radical (unpaired) electrons. The van der Waals surface area contributed by atoms with Gasteiger partial charge in [0.1, 0.15) is 17.5 Å². The van der Waals surface area contributed by atoms with Crippen molar-refractivity contribution < 1.29 is 14.6 Å². The normalized spacial score (nSPS) is 11.6. The van der Waals surface area contributed by atoms with Gasteiger partial charge in [-0.3, -0.25) is 4.79 Å². The van der Waals surface area contributed by atoms with Crippen molar-refractivity contribution in [2.24, 2.45) is 7.05 Å². The molecular formula is C17H19N3O3. The molecule has 2 N–H and O–H groups in total. The van der Waals surface area contributed by atoms with Gasteiger partial charge < -0.3 is 19.7 Å². The fraction of sp³-hybridized carbons (Fsp3) is 0.294. The van der Waals surface area contributed by atoms with Gasteiger partial charge in [0.25, 0.3) is 5.91 Å². The Hall–Kier alpha value is -2.78. The van der Waals surface area contributed by atoms with E-state index in [-0.39, 0.29) is 18.4 Å². The maximum atomic E-state index is 12.2. The smallest absolute Gasteiger partial charge is 0.267 e. The van der Waals surface area contributed by atoms with Crippen LogP contribution in [0.25, 0.3) is 0 Å². The molecule has 23 heavy (non-hydrogen) atoms. The molecule has 1 amide bonds. The number of benzene rings is 1. The van der Waals surface area contributed by atoms with E-state index < -0.39 is 0 Å². The van der Waals surface area contributed by atoms with Gasteiger partial charge in [-0.15, -0.1) is 0 Å². The standard InChI is InChI=1S/C17H19N3O3/c1-20-10-12(8-18)7-16(20)17(22)19-9-14(11-21)13-3-5-15(23-2)6-4-13/h3-7,10,14,21H,9,11H2,1-2H3,(H,19,22). The maximum absolute atomic E-state index is 12.2. The van der Waals surface area contributed by atoms with Crippen molar-refractivity contribution in [3.63, 3.8) is 0 Å². The Morgan fingerprint density at radius 2 is 2.13 bits per heavy atom. The van der Waals surface area contributed by atoms with E-state index in [0.717, 1.165) is 11.3 Å². The zero-order valence-corrected chi connectivity index (χ0v) is 13.1. The summed E-state index contributed by atoms with van der Waals surface area (Å²) in [7, 11) is 3.30. The van der Waals surface area contributed by atoms with Crippen LogP contribution < -0.4 is 10.1 Å². The number of hydrogen-bond donors (Lipinski definition) is 2. The lowest BCUT2D eigenvalue weighted by atomic mass is 10.00. The molecule has 0 saturated heterocycles. The molecule has 1 unspecified atom stereocenters. The number of methoxy groups -OCH3 is 1. The summed E-state index contributed by atoms with van der Waals surface area (Å²) in [6, 6.07) is 10.9. The summed E-state index contributed by atoms with van der Waals surface area (Å²) in [5.74, 6) is 0.254. The lowest BCUT2D eigenvalue weighted by Gasteiger charge is -2.16. The second-order valence-electron chi connectivity index (χ2n) is 5.20. The van der Waals surface area contributed by atoms with E-state index in [1.807, 2.05) is 30.3 Å².